The second kappa shape index (κ2) is 7.14. The summed E-state index contributed by atoms with van der Waals surface area (Å²) < 4.78 is 5.28. The van der Waals surface area contributed by atoms with Crippen LogP contribution >= 0.6 is 0 Å². The lowest BCUT2D eigenvalue weighted by molar-refractivity contribution is -0.150. The molecule has 2 N–H and O–H groups in total. The number of carbonyl (C=O) groups is 1. The molecule has 0 fully saturated rings. The lowest BCUT2D eigenvalue weighted by Crippen LogP contribution is -2.18. The van der Waals surface area contributed by atoms with Crippen LogP contribution in [0.4, 0.5) is 0 Å². The maximum Gasteiger partial charge on any atom is 0.325 e. The Hall–Kier alpha value is -2.86. The predicted octanol–water partition coefficient (Wildman–Crippen LogP) is 2.77. The lowest BCUT2D eigenvalue weighted by atomic mass is 9.88. The Labute approximate surface area is 139 Å². The summed E-state index contributed by atoms with van der Waals surface area (Å²) in [5, 5.41) is 7.94. The number of methoxy groups -OCH3 is 1. The van der Waals surface area contributed by atoms with E-state index in [-0.39, 0.29) is 18.3 Å². The van der Waals surface area contributed by atoms with E-state index in [4.69, 9.17) is 9.57 Å². The summed E-state index contributed by atoms with van der Waals surface area (Å²) >= 11 is 0. The number of nitrogens with zero attached hydrogens (tertiary/aromatic N) is 1. The molecule has 0 radical (unpaired) electrons. The summed E-state index contributed by atoms with van der Waals surface area (Å²) in [6.45, 7) is 0. The van der Waals surface area contributed by atoms with E-state index in [2.05, 4.69) is 15.7 Å². The van der Waals surface area contributed by atoms with Crippen LogP contribution in [0.2, 0.25) is 0 Å². The fraction of sp³-hybridized carbons (Fsp3) is 0.222. The van der Waals surface area contributed by atoms with Crippen LogP contribution in [0.3, 0.4) is 0 Å². The van der Waals surface area contributed by atoms with Crippen LogP contribution < -0.4 is 10.2 Å². The van der Waals surface area contributed by atoms with Gasteiger partial charge in [0, 0.05) is 13.0 Å². The standard InChI is InChI=1S/C18H19N3O3/c1-19-24-17(22)11-14(12-6-4-3-5-7-12)13-8-9-16-15(10-13)18(23-2)21-20-16/h3-10,14,19H,11H2,1-2H3,(H,20,21). The number of aromatic amines is 1. The molecular weight excluding hydrogens is 306 g/mol. The number of hydroxylamine groups is 1. The van der Waals surface area contributed by atoms with Crippen molar-refractivity contribution < 1.29 is 14.4 Å². The molecule has 6 heteroatoms. The van der Waals surface area contributed by atoms with Gasteiger partial charge in [0.05, 0.1) is 24.4 Å². The molecule has 124 valence electrons. The van der Waals surface area contributed by atoms with Crippen LogP contribution in [0, 0.1) is 0 Å². The molecule has 0 saturated heterocycles. The average Bonchev–Trinajstić information content (AvgIpc) is 3.03. The van der Waals surface area contributed by atoms with Gasteiger partial charge >= 0.3 is 5.97 Å². The van der Waals surface area contributed by atoms with Gasteiger partial charge in [-0.15, -0.1) is 5.10 Å². The van der Waals surface area contributed by atoms with Gasteiger partial charge in [-0.1, -0.05) is 36.4 Å². The van der Waals surface area contributed by atoms with Crippen molar-refractivity contribution in [2.45, 2.75) is 12.3 Å². The van der Waals surface area contributed by atoms with Gasteiger partial charge in [-0.2, -0.15) is 5.48 Å². The first-order valence-electron chi connectivity index (χ1n) is 7.66. The third kappa shape index (κ3) is 3.23. The Bertz CT molecular complexity index is 830. The van der Waals surface area contributed by atoms with Gasteiger partial charge in [-0.3, -0.25) is 9.89 Å². The minimum absolute atomic E-state index is 0.115. The molecule has 1 aromatic heterocycles. The highest BCUT2D eigenvalue weighted by Crippen LogP contribution is 2.32. The topological polar surface area (TPSA) is 76.2 Å². The fourth-order valence-corrected chi connectivity index (χ4v) is 2.82. The highest BCUT2D eigenvalue weighted by Gasteiger charge is 2.20. The quantitative estimate of drug-likeness (QED) is 0.682. The second-order valence-corrected chi connectivity index (χ2v) is 5.38. The van der Waals surface area contributed by atoms with Gasteiger partial charge in [0.25, 0.3) is 0 Å². The van der Waals surface area contributed by atoms with Gasteiger partial charge in [-0.25, -0.2) is 0 Å². The van der Waals surface area contributed by atoms with Crippen molar-refractivity contribution in [2.24, 2.45) is 0 Å². The van der Waals surface area contributed by atoms with Crippen molar-refractivity contribution in [2.75, 3.05) is 14.2 Å². The fourth-order valence-electron chi connectivity index (χ4n) is 2.82. The highest BCUT2D eigenvalue weighted by molar-refractivity contribution is 5.85. The Morgan fingerprint density at radius 1 is 1.21 bits per heavy atom. The van der Waals surface area contributed by atoms with E-state index in [0.717, 1.165) is 22.0 Å². The molecule has 3 aromatic rings. The minimum Gasteiger partial charge on any atom is -0.480 e. The van der Waals surface area contributed by atoms with Crippen molar-refractivity contribution in [3.05, 3.63) is 59.7 Å². The molecule has 1 atom stereocenters. The third-order valence-corrected chi connectivity index (χ3v) is 3.94. The molecule has 0 aliphatic rings. The summed E-state index contributed by atoms with van der Waals surface area (Å²) in [7, 11) is 3.15. The Morgan fingerprint density at radius 3 is 2.71 bits per heavy atom. The Morgan fingerprint density at radius 2 is 2.00 bits per heavy atom. The normalized spacial score (nSPS) is 12.1. The molecule has 0 aliphatic carbocycles. The zero-order chi connectivity index (χ0) is 16.9. The number of hydrogen-bond donors (Lipinski definition) is 2. The molecule has 0 saturated carbocycles. The third-order valence-electron chi connectivity index (χ3n) is 3.94. The molecule has 2 aromatic carbocycles. The molecule has 1 heterocycles. The van der Waals surface area contributed by atoms with Crippen LogP contribution in [0.1, 0.15) is 23.5 Å². The molecule has 0 spiro atoms. The Kier molecular flexibility index (Phi) is 4.77. The predicted molar refractivity (Wildman–Crippen MR) is 90.7 cm³/mol. The van der Waals surface area contributed by atoms with Crippen molar-refractivity contribution >= 4 is 16.9 Å². The summed E-state index contributed by atoms with van der Waals surface area (Å²) in [4.78, 5) is 16.9. The van der Waals surface area contributed by atoms with Crippen molar-refractivity contribution in [1.82, 2.24) is 15.7 Å². The van der Waals surface area contributed by atoms with Crippen LogP contribution in [-0.2, 0) is 9.63 Å². The molecular formula is C18H19N3O3. The summed E-state index contributed by atoms with van der Waals surface area (Å²) in [5.74, 6) is 0.109. The zero-order valence-corrected chi connectivity index (χ0v) is 13.6. The van der Waals surface area contributed by atoms with Crippen molar-refractivity contribution in [3.63, 3.8) is 0 Å². The molecule has 6 nitrogen and oxygen atoms in total. The van der Waals surface area contributed by atoms with Crippen LogP contribution in [-0.4, -0.2) is 30.3 Å². The van der Waals surface area contributed by atoms with Crippen LogP contribution in [0.5, 0.6) is 5.88 Å². The van der Waals surface area contributed by atoms with Gasteiger partial charge in [0.15, 0.2) is 0 Å². The van der Waals surface area contributed by atoms with E-state index < -0.39 is 0 Å². The van der Waals surface area contributed by atoms with E-state index in [1.54, 1.807) is 14.2 Å². The van der Waals surface area contributed by atoms with E-state index in [9.17, 15) is 4.79 Å². The molecule has 0 bridgehead atoms. The number of fused-ring (bicyclic) bond motifs is 1. The molecule has 24 heavy (non-hydrogen) atoms. The Balaban J connectivity index is 2.02. The number of benzene rings is 2. The zero-order valence-electron chi connectivity index (χ0n) is 13.6. The molecule has 1 unspecified atom stereocenters. The smallest absolute Gasteiger partial charge is 0.325 e. The van der Waals surface area contributed by atoms with Gasteiger partial charge in [0.1, 0.15) is 0 Å². The molecule has 0 aliphatic heterocycles. The van der Waals surface area contributed by atoms with Gasteiger partial charge in [-0.05, 0) is 23.3 Å². The number of rotatable bonds is 6. The summed E-state index contributed by atoms with van der Waals surface area (Å²) in [6.07, 6.45) is 0.233. The number of hydrogen-bond acceptors (Lipinski definition) is 5. The minimum atomic E-state index is -0.314. The van der Waals surface area contributed by atoms with Gasteiger partial charge < -0.3 is 9.57 Å². The van der Waals surface area contributed by atoms with Crippen molar-refractivity contribution in [1.29, 1.82) is 0 Å². The second-order valence-electron chi connectivity index (χ2n) is 5.38. The van der Waals surface area contributed by atoms with E-state index in [0.29, 0.717) is 5.88 Å². The maximum absolute atomic E-state index is 12.0. The number of ether oxygens (including phenoxy) is 1. The van der Waals surface area contributed by atoms with Gasteiger partial charge in [0.2, 0.25) is 5.88 Å². The van der Waals surface area contributed by atoms with Crippen LogP contribution in [0.25, 0.3) is 10.9 Å². The van der Waals surface area contributed by atoms with Crippen molar-refractivity contribution in [3.8, 4) is 5.88 Å². The number of H-pyrrole nitrogens is 1. The molecule has 3 rings (SSSR count). The molecule has 0 amide bonds. The first kappa shape index (κ1) is 16.0. The van der Waals surface area contributed by atoms with E-state index in [1.807, 2.05) is 48.5 Å². The lowest BCUT2D eigenvalue weighted by Gasteiger charge is -2.17. The SMILES string of the molecule is CNOC(=O)CC(c1ccccc1)c1ccc2[nH]nc(OC)c2c1. The first-order valence-corrected chi connectivity index (χ1v) is 7.66. The summed E-state index contributed by atoms with van der Waals surface area (Å²) in [5.41, 5.74) is 5.37. The average molecular weight is 325 g/mol. The number of aromatic nitrogens is 2. The first-order chi connectivity index (χ1) is 11.7. The van der Waals surface area contributed by atoms with E-state index in [1.165, 1.54) is 0 Å². The number of carbonyl (C=O) groups excluding carboxylic acids is 1. The monoisotopic (exact) mass is 325 g/mol. The number of nitrogens with one attached hydrogen (secondary N) is 2. The van der Waals surface area contributed by atoms with E-state index >= 15 is 0 Å². The largest absolute Gasteiger partial charge is 0.480 e. The highest BCUT2D eigenvalue weighted by atomic mass is 16.7. The maximum atomic E-state index is 12.0. The summed E-state index contributed by atoms with van der Waals surface area (Å²) in [6, 6.07) is 15.8. The van der Waals surface area contributed by atoms with Crippen LogP contribution in [0.15, 0.2) is 48.5 Å².